The standard InChI is InChI=1S/C48H34.C7H10.C3H6/c1-3-12-32-19-21-37(27-31(32)2)45-29-43(34-14-6-4-7-15-34)39-24-26-42-46(38-22-20-33-13-10-11-18-36(33)28-38)30-44(35-16-8-5-9-17-35)40-23-25-41(45)47(39)48(40)42;1-4-6-7(3)5-2;1-3-2/h3-30H,1-2H3;4-6H,2-3H2,1H3;3H,1H2,2H3/b12-3-;6-4-;. The smallest absolute Gasteiger partial charge is 0.00139 e. The van der Waals surface area contributed by atoms with E-state index in [0.717, 1.165) is 5.57 Å². The summed E-state index contributed by atoms with van der Waals surface area (Å²) in [5, 5.41) is 10.3. The van der Waals surface area contributed by atoms with Crippen LogP contribution in [0, 0.1) is 6.92 Å². The molecule has 0 bridgehead atoms. The molecular formula is C58H50. The van der Waals surface area contributed by atoms with E-state index in [1.54, 1.807) is 12.2 Å². The van der Waals surface area contributed by atoms with Gasteiger partial charge in [-0.3, -0.25) is 0 Å². The van der Waals surface area contributed by atoms with Crippen LogP contribution in [0.2, 0.25) is 0 Å². The average molecular weight is 747 g/mol. The Morgan fingerprint density at radius 1 is 0.448 bits per heavy atom. The lowest BCUT2D eigenvalue weighted by molar-refractivity contribution is 1.44. The average Bonchev–Trinajstić information content (AvgIpc) is 3.27. The Kier molecular flexibility index (Phi) is 12.1. The molecule has 0 atom stereocenters. The molecule has 0 spiro atoms. The first-order valence-electron chi connectivity index (χ1n) is 20.0. The van der Waals surface area contributed by atoms with Gasteiger partial charge >= 0.3 is 0 Å². The third kappa shape index (κ3) is 7.83. The molecule has 0 saturated carbocycles. The summed E-state index contributed by atoms with van der Waals surface area (Å²) in [5.74, 6) is 0. The van der Waals surface area contributed by atoms with Crippen molar-refractivity contribution in [2.75, 3.05) is 0 Å². The van der Waals surface area contributed by atoms with Gasteiger partial charge in [-0.25, -0.2) is 0 Å². The Hall–Kier alpha value is -7.02. The second kappa shape index (κ2) is 17.8. The van der Waals surface area contributed by atoms with E-state index in [-0.39, 0.29) is 0 Å². The molecule has 0 amide bonds. The minimum Gasteiger partial charge on any atom is -0.103 e. The van der Waals surface area contributed by atoms with Crippen molar-refractivity contribution in [2.24, 2.45) is 0 Å². The van der Waals surface area contributed by atoms with Gasteiger partial charge in [0.05, 0.1) is 0 Å². The maximum Gasteiger partial charge on any atom is -0.00139 e. The highest BCUT2D eigenvalue weighted by atomic mass is 14.2. The lowest BCUT2D eigenvalue weighted by atomic mass is 9.81. The molecule has 9 aromatic rings. The Labute approximate surface area is 344 Å². The lowest BCUT2D eigenvalue weighted by Crippen LogP contribution is -1.94. The molecule has 58 heavy (non-hydrogen) atoms. The molecule has 0 nitrogen and oxygen atoms in total. The first-order valence-corrected chi connectivity index (χ1v) is 20.0. The summed E-state index contributed by atoms with van der Waals surface area (Å²) in [7, 11) is 0. The zero-order valence-electron chi connectivity index (χ0n) is 34.1. The van der Waals surface area contributed by atoms with Crippen LogP contribution in [-0.4, -0.2) is 0 Å². The van der Waals surface area contributed by atoms with Gasteiger partial charge in [0, 0.05) is 0 Å². The normalized spacial score (nSPS) is 11.2. The number of allylic oxidation sites excluding steroid dienone is 6. The van der Waals surface area contributed by atoms with Crippen LogP contribution in [0.25, 0.3) is 93.7 Å². The third-order valence-corrected chi connectivity index (χ3v) is 10.7. The molecular weight excluding hydrogens is 697 g/mol. The molecule has 0 N–H and O–H groups in total. The summed E-state index contributed by atoms with van der Waals surface area (Å²) >= 11 is 0. The Balaban J connectivity index is 0.000000460. The third-order valence-electron chi connectivity index (χ3n) is 10.7. The van der Waals surface area contributed by atoms with Crippen LogP contribution in [-0.2, 0) is 0 Å². The van der Waals surface area contributed by atoms with Gasteiger partial charge < -0.3 is 0 Å². The Bertz CT molecular complexity index is 2950. The van der Waals surface area contributed by atoms with E-state index >= 15 is 0 Å². The van der Waals surface area contributed by atoms with E-state index in [1.165, 1.54) is 98.7 Å². The minimum atomic E-state index is 0.961. The van der Waals surface area contributed by atoms with E-state index < -0.39 is 0 Å². The van der Waals surface area contributed by atoms with Gasteiger partial charge in [-0.15, -0.1) is 6.58 Å². The zero-order chi connectivity index (χ0) is 40.6. The van der Waals surface area contributed by atoms with E-state index in [4.69, 9.17) is 0 Å². The summed E-state index contributed by atoms with van der Waals surface area (Å²) in [5.41, 5.74) is 13.5. The van der Waals surface area contributed by atoms with Crippen molar-refractivity contribution in [3.8, 4) is 44.5 Å². The van der Waals surface area contributed by atoms with Crippen LogP contribution >= 0.6 is 0 Å². The summed E-state index contributed by atoms with van der Waals surface area (Å²) in [4.78, 5) is 0. The van der Waals surface area contributed by atoms with Crippen LogP contribution in [0.5, 0.6) is 0 Å². The predicted octanol–water partition coefficient (Wildman–Crippen LogP) is 17.2. The van der Waals surface area contributed by atoms with Gasteiger partial charge in [-0.05, 0) is 150 Å². The largest absolute Gasteiger partial charge is 0.103 e. The molecule has 9 rings (SSSR count). The van der Waals surface area contributed by atoms with Gasteiger partial charge in [-0.2, -0.15) is 0 Å². The first kappa shape index (κ1) is 39.2. The SMILES string of the molecule is C/C=C\c1ccc(-c2cc(-c3ccccc3)c3ccc4c(-c5ccc6ccccc6c5)cc(-c5ccccc5)c5ccc2c3c54)cc1C.C=CC.C=CC(=C)/C=C\C. The molecule has 0 heterocycles. The Morgan fingerprint density at radius 3 is 1.34 bits per heavy atom. The van der Waals surface area contributed by atoms with Crippen LogP contribution in [0.3, 0.4) is 0 Å². The minimum absolute atomic E-state index is 0.961. The number of fused-ring (bicyclic) bond motifs is 1. The van der Waals surface area contributed by atoms with Crippen molar-refractivity contribution >= 4 is 49.2 Å². The van der Waals surface area contributed by atoms with Crippen LogP contribution in [0.15, 0.2) is 213 Å². The molecule has 0 saturated heterocycles. The lowest BCUT2D eigenvalue weighted by Gasteiger charge is -2.22. The molecule has 0 aliphatic heterocycles. The van der Waals surface area contributed by atoms with E-state index in [2.05, 4.69) is 203 Å². The van der Waals surface area contributed by atoms with Gasteiger partial charge in [0.15, 0.2) is 0 Å². The molecule has 282 valence electrons. The van der Waals surface area contributed by atoms with E-state index in [9.17, 15) is 0 Å². The molecule has 9 aromatic carbocycles. The van der Waals surface area contributed by atoms with Crippen molar-refractivity contribution < 1.29 is 0 Å². The summed E-state index contributed by atoms with van der Waals surface area (Å²) in [6, 6.07) is 58.5. The van der Waals surface area contributed by atoms with E-state index in [0.29, 0.717) is 0 Å². The van der Waals surface area contributed by atoms with Crippen molar-refractivity contribution in [2.45, 2.75) is 27.7 Å². The van der Waals surface area contributed by atoms with Gasteiger partial charge in [0.2, 0.25) is 0 Å². The van der Waals surface area contributed by atoms with Gasteiger partial charge in [0.25, 0.3) is 0 Å². The topological polar surface area (TPSA) is 0 Å². The number of rotatable bonds is 7. The van der Waals surface area contributed by atoms with Crippen LogP contribution < -0.4 is 0 Å². The quantitative estimate of drug-likeness (QED) is 0.0865. The number of hydrogen-bond acceptors (Lipinski definition) is 0. The fraction of sp³-hybridized carbons (Fsp3) is 0.0690. The van der Waals surface area contributed by atoms with Gasteiger partial charge in [-0.1, -0.05) is 189 Å². The molecule has 0 unspecified atom stereocenters. The Morgan fingerprint density at radius 2 is 0.897 bits per heavy atom. The van der Waals surface area contributed by atoms with Crippen molar-refractivity contribution in [3.63, 3.8) is 0 Å². The summed E-state index contributed by atoms with van der Waals surface area (Å²) in [6.45, 7) is 18.7. The molecule has 0 fully saturated rings. The zero-order valence-corrected chi connectivity index (χ0v) is 34.1. The van der Waals surface area contributed by atoms with E-state index in [1.807, 2.05) is 26.0 Å². The fourth-order valence-electron chi connectivity index (χ4n) is 8.03. The number of aryl methyl sites for hydroxylation is 1. The summed E-state index contributed by atoms with van der Waals surface area (Å²) in [6.07, 6.45) is 11.6. The monoisotopic (exact) mass is 746 g/mol. The molecule has 0 aromatic heterocycles. The summed E-state index contributed by atoms with van der Waals surface area (Å²) < 4.78 is 0. The van der Waals surface area contributed by atoms with Crippen molar-refractivity contribution in [1.82, 2.24) is 0 Å². The molecule has 0 radical (unpaired) electrons. The number of benzene rings is 9. The maximum atomic E-state index is 3.66. The van der Waals surface area contributed by atoms with Crippen LogP contribution in [0.1, 0.15) is 31.9 Å². The fourth-order valence-corrected chi connectivity index (χ4v) is 8.03. The highest BCUT2D eigenvalue weighted by Gasteiger charge is 2.21. The highest BCUT2D eigenvalue weighted by molar-refractivity contribution is 6.32. The van der Waals surface area contributed by atoms with Crippen molar-refractivity contribution in [3.05, 3.63) is 225 Å². The molecule has 0 heteroatoms. The molecule has 0 aliphatic rings. The van der Waals surface area contributed by atoms with Gasteiger partial charge in [0.1, 0.15) is 0 Å². The first-order chi connectivity index (χ1) is 28.4. The highest BCUT2D eigenvalue weighted by Crippen LogP contribution is 2.48. The number of hydrogen-bond donors (Lipinski definition) is 0. The predicted molar refractivity (Wildman–Crippen MR) is 259 cm³/mol. The second-order valence-corrected chi connectivity index (χ2v) is 14.6. The maximum absolute atomic E-state index is 3.66. The van der Waals surface area contributed by atoms with Crippen molar-refractivity contribution in [1.29, 1.82) is 0 Å². The second-order valence-electron chi connectivity index (χ2n) is 14.6. The van der Waals surface area contributed by atoms with Crippen LogP contribution in [0.4, 0.5) is 0 Å². The molecule has 0 aliphatic carbocycles.